The highest BCUT2D eigenvalue weighted by Crippen LogP contribution is 2.30. The highest BCUT2D eigenvalue weighted by molar-refractivity contribution is 7.19. The Hall–Kier alpha value is -2.06. The van der Waals surface area contributed by atoms with Gasteiger partial charge in [0.25, 0.3) is 0 Å². The van der Waals surface area contributed by atoms with E-state index in [1.807, 2.05) is 0 Å². The largest absolute Gasteiger partial charge is 0.506 e. The van der Waals surface area contributed by atoms with E-state index < -0.39 is 0 Å². The van der Waals surface area contributed by atoms with Crippen molar-refractivity contribution in [3.8, 4) is 16.3 Å². The Bertz CT molecular complexity index is 778. The first-order valence-corrected chi connectivity index (χ1v) is 7.57. The molecule has 3 aromatic rings. The fourth-order valence-corrected chi connectivity index (χ4v) is 3.33. The zero-order chi connectivity index (χ0) is 14.2. The monoisotopic (exact) mass is 303 g/mol. The van der Waals surface area contributed by atoms with Crippen LogP contribution in [0.2, 0.25) is 0 Å². The van der Waals surface area contributed by atoms with Gasteiger partial charge in [-0.15, -0.1) is 10.2 Å². The minimum absolute atomic E-state index is 0.128. The van der Waals surface area contributed by atoms with E-state index >= 15 is 0 Å². The molecular weight excluding hydrogens is 290 g/mol. The molecule has 4 heterocycles. The number of rotatable bonds is 2. The van der Waals surface area contributed by atoms with Crippen molar-refractivity contribution in [1.82, 2.24) is 24.8 Å². The summed E-state index contributed by atoms with van der Waals surface area (Å²) >= 11 is 1.44. The lowest BCUT2D eigenvalue weighted by atomic mass is 10.00. The van der Waals surface area contributed by atoms with Crippen LogP contribution in [0.25, 0.3) is 15.5 Å². The van der Waals surface area contributed by atoms with E-state index in [4.69, 9.17) is 4.74 Å². The van der Waals surface area contributed by atoms with Gasteiger partial charge in [0.15, 0.2) is 5.82 Å². The standard InChI is InChI=1S/C13H13N5O2S/c19-10-5-9(6-14-7-10)12-17-18-11(15-16-13(18)21-12)8-1-3-20-4-2-8/h5-8,19H,1-4H2. The van der Waals surface area contributed by atoms with Gasteiger partial charge in [-0.05, 0) is 18.9 Å². The van der Waals surface area contributed by atoms with Crippen LogP contribution in [0.5, 0.6) is 5.75 Å². The molecule has 0 bridgehead atoms. The van der Waals surface area contributed by atoms with Crippen LogP contribution in [0.1, 0.15) is 24.6 Å². The third kappa shape index (κ3) is 2.26. The molecule has 8 heteroatoms. The van der Waals surface area contributed by atoms with Crippen molar-refractivity contribution in [2.75, 3.05) is 13.2 Å². The predicted octanol–water partition coefficient (Wildman–Crippen LogP) is 1.85. The average Bonchev–Trinajstić information content (AvgIpc) is 3.08. The number of fused-ring (bicyclic) bond motifs is 1. The normalized spacial score (nSPS) is 16.6. The number of aromatic hydroxyl groups is 1. The van der Waals surface area contributed by atoms with Gasteiger partial charge in [0.05, 0.1) is 6.20 Å². The Morgan fingerprint density at radius 3 is 2.90 bits per heavy atom. The minimum Gasteiger partial charge on any atom is -0.506 e. The molecule has 0 saturated carbocycles. The highest BCUT2D eigenvalue weighted by atomic mass is 32.1. The van der Waals surface area contributed by atoms with Crippen molar-refractivity contribution in [3.63, 3.8) is 0 Å². The second-order valence-corrected chi connectivity index (χ2v) is 5.93. The molecule has 21 heavy (non-hydrogen) atoms. The van der Waals surface area contributed by atoms with Crippen LogP contribution in [0.4, 0.5) is 0 Å². The van der Waals surface area contributed by atoms with Crippen LogP contribution in [0, 0.1) is 0 Å². The molecule has 0 amide bonds. The van der Waals surface area contributed by atoms with Crippen LogP contribution in [-0.2, 0) is 4.74 Å². The first-order valence-electron chi connectivity index (χ1n) is 6.75. The quantitative estimate of drug-likeness (QED) is 0.777. The lowest BCUT2D eigenvalue weighted by Crippen LogP contribution is -2.16. The second kappa shape index (κ2) is 5.05. The zero-order valence-corrected chi connectivity index (χ0v) is 12.0. The molecule has 0 aromatic carbocycles. The van der Waals surface area contributed by atoms with Crippen LogP contribution < -0.4 is 0 Å². The van der Waals surface area contributed by atoms with Crippen LogP contribution >= 0.6 is 11.3 Å². The minimum atomic E-state index is 0.128. The summed E-state index contributed by atoms with van der Waals surface area (Å²) in [6.07, 6.45) is 4.97. The summed E-state index contributed by atoms with van der Waals surface area (Å²) < 4.78 is 7.19. The molecule has 1 fully saturated rings. The Morgan fingerprint density at radius 1 is 1.24 bits per heavy atom. The second-order valence-electron chi connectivity index (χ2n) is 4.98. The Balaban J connectivity index is 1.75. The van der Waals surface area contributed by atoms with E-state index in [1.54, 1.807) is 16.8 Å². The topological polar surface area (TPSA) is 85.4 Å². The lowest BCUT2D eigenvalue weighted by molar-refractivity contribution is 0.0832. The summed E-state index contributed by atoms with van der Waals surface area (Å²) in [7, 11) is 0. The summed E-state index contributed by atoms with van der Waals surface area (Å²) in [5.41, 5.74) is 0.781. The molecular formula is C13H13N5O2S. The Labute approximate surface area is 124 Å². The number of hydrogen-bond acceptors (Lipinski definition) is 7. The van der Waals surface area contributed by atoms with E-state index in [2.05, 4.69) is 20.3 Å². The van der Waals surface area contributed by atoms with Gasteiger partial charge in [-0.1, -0.05) is 11.3 Å². The molecule has 7 nitrogen and oxygen atoms in total. The molecule has 0 aliphatic carbocycles. The SMILES string of the molecule is Oc1cncc(-c2nn3c(C4CCOCC4)nnc3s2)c1. The number of aromatic nitrogens is 5. The van der Waals surface area contributed by atoms with Crippen LogP contribution in [-0.4, -0.2) is 43.1 Å². The van der Waals surface area contributed by atoms with Crippen molar-refractivity contribution in [1.29, 1.82) is 0 Å². The van der Waals surface area contributed by atoms with Gasteiger partial charge in [-0.3, -0.25) is 4.98 Å². The molecule has 1 aliphatic rings. The maximum absolute atomic E-state index is 9.52. The lowest BCUT2D eigenvalue weighted by Gasteiger charge is -2.19. The van der Waals surface area contributed by atoms with E-state index in [0.29, 0.717) is 5.92 Å². The van der Waals surface area contributed by atoms with Gasteiger partial charge in [0.2, 0.25) is 4.96 Å². The molecule has 1 aliphatic heterocycles. The fraction of sp³-hybridized carbons (Fsp3) is 0.385. The molecule has 1 saturated heterocycles. The highest BCUT2D eigenvalue weighted by Gasteiger charge is 2.23. The van der Waals surface area contributed by atoms with E-state index in [1.165, 1.54) is 17.5 Å². The molecule has 0 atom stereocenters. The van der Waals surface area contributed by atoms with E-state index in [0.717, 1.165) is 47.4 Å². The summed E-state index contributed by atoms with van der Waals surface area (Å²) in [6, 6.07) is 1.65. The van der Waals surface area contributed by atoms with Crippen molar-refractivity contribution >= 4 is 16.3 Å². The number of nitrogens with zero attached hydrogens (tertiary/aromatic N) is 5. The van der Waals surface area contributed by atoms with Crippen LogP contribution in [0.15, 0.2) is 18.5 Å². The maximum Gasteiger partial charge on any atom is 0.234 e. The van der Waals surface area contributed by atoms with Crippen molar-refractivity contribution in [3.05, 3.63) is 24.3 Å². The zero-order valence-electron chi connectivity index (χ0n) is 11.1. The third-order valence-corrected chi connectivity index (χ3v) is 4.52. The van der Waals surface area contributed by atoms with E-state index in [9.17, 15) is 5.11 Å². The van der Waals surface area contributed by atoms with Gasteiger partial charge in [0.1, 0.15) is 10.8 Å². The van der Waals surface area contributed by atoms with Crippen molar-refractivity contribution in [2.24, 2.45) is 0 Å². The van der Waals surface area contributed by atoms with Gasteiger partial charge in [-0.2, -0.15) is 9.61 Å². The van der Waals surface area contributed by atoms with Crippen LogP contribution in [0.3, 0.4) is 0 Å². The van der Waals surface area contributed by atoms with Crippen molar-refractivity contribution in [2.45, 2.75) is 18.8 Å². The number of hydrogen-bond donors (Lipinski definition) is 1. The van der Waals surface area contributed by atoms with Gasteiger partial charge >= 0.3 is 0 Å². The number of pyridine rings is 1. The van der Waals surface area contributed by atoms with Gasteiger partial charge < -0.3 is 9.84 Å². The molecule has 1 N–H and O–H groups in total. The molecule has 0 spiro atoms. The smallest absolute Gasteiger partial charge is 0.234 e. The molecule has 0 unspecified atom stereocenters. The molecule has 4 rings (SSSR count). The summed E-state index contributed by atoms with van der Waals surface area (Å²) in [5, 5.41) is 23.4. The third-order valence-electron chi connectivity index (χ3n) is 3.57. The molecule has 3 aromatic heterocycles. The van der Waals surface area contributed by atoms with Gasteiger partial charge in [-0.25, -0.2) is 0 Å². The number of ether oxygens (including phenoxy) is 1. The average molecular weight is 303 g/mol. The van der Waals surface area contributed by atoms with Crippen molar-refractivity contribution < 1.29 is 9.84 Å². The predicted molar refractivity (Wildman–Crippen MR) is 76.3 cm³/mol. The Morgan fingerprint density at radius 2 is 2.10 bits per heavy atom. The Kier molecular flexibility index (Phi) is 3.04. The molecule has 108 valence electrons. The maximum atomic E-state index is 9.52. The molecule has 0 radical (unpaired) electrons. The first kappa shape index (κ1) is 12.7. The summed E-state index contributed by atoms with van der Waals surface area (Å²) in [5.74, 6) is 1.36. The van der Waals surface area contributed by atoms with E-state index in [-0.39, 0.29) is 5.75 Å². The summed E-state index contributed by atoms with van der Waals surface area (Å²) in [6.45, 7) is 1.51. The fourth-order valence-electron chi connectivity index (χ4n) is 2.50. The summed E-state index contributed by atoms with van der Waals surface area (Å²) in [4.78, 5) is 4.74. The first-order chi connectivity index (χ1) is 10.3. The van der Waals surface area contributed by atoms with Gasteiger partial charge in [0, 0.05) is 30.9 Å².